The van der Waals surface area contributed by atoms with E-state index in [0.717, 1.165) is 37.7 Å². The molecule has 0 saturated carbocycles. The fraction of sp³-hybridized carbons (Fsp3) is 0.500. The maximum atomic E-state index is 11.9. The Bertz CT molecular complexity index is 583. The Morgan fingerprint density at radius 2 is 1.76 bits per heavy atom. The molecule has 0 heterocycles. The highest BCUT2D eigenvalue weighted by atomic mass is 16.5. The minimum atomic E-state index is -0.560. The SMILES string of the molecule is CCC(C)(O)CCC=C(C)CCC=C(C)COC(=O)c1ccccc1. The summed E-state index contributed by atoms with van der Waals surface area (Å²) in [5.41, 5.74) is 2.41. The van der Waals surface area contributed by atoms with Gasteiger partial charge >= 0.3 is 5.97 Å². The Morgan fingerprint density at radius 3 is 2.40 bits per heavy atom. The van der Waals surface area contributed by atoms with E-state index in [1.54, 1.807) is 12.1 Å². The zero-order valence-corrected chi connectivity index (χ0v) is 16.0. The van der Waals surface area contributed by atoms with Crippen LogP contribution in [0.25, 0.3) is 0 Å². The second-order valence-electron chi connectivity index (χ2n) is 6.97. The maximum Gasteiger partial charge on any atom is 0.338 e. The number of esters is 1. The Kier molecular flexibility index (Phi) is 9.22. The van der Waals surface area contributed by atoms with E-state index in [0.29, 0.717) is 12.2 Å². The van der Waals surface area contributed by atoms with Crippen LogP contribution in [0.1, 0.15) is 70.2 Å². The van der Waals surface area contributed by atoms with Gasteiger partial charge in [0.25, 0.3) is 0 Å². The van der Waals surface area contributed by atoms with E-state index in [1.165, 1.54) is 5.57 Å². The first-order valence-electron chi connectivity index (χ1n) is 9.10. The fourth-order valence-corrected chi connectivity index (χ4v) is 2.35. The lowest BCUT2D eigenvalue weighted by Crippen LogP contribution is -2.21. The smallest absolute Gasteiger partial charge is 0.338 e. The van der Waals surface area contributed by atoms with Crippen molar-refractivity contribution in [3.05, 3.63) is 59.2 Å². The average molecular weight is 344 g/mol. The van der Waals surface area contributed by atoms with Crippen molar-refractivity contribution in [2.45, 2.75) is 65.4 Å². The summed E-state index contributed by atoms with van der Waals surface area (Å²) < 4.78 is 5.31. The minimum Gasteiger partial charge on any atom is -0.458 e. The van der Waals surface area contributed by atoms with Crippen LogP contribution in [0.3, 0.4) is 0 Å². The highest BCUT2D eigenvalue weighted by molar-refractivity contribution is 5.89. The first kappa shape index (κ1) is 21.2. The zero-order chi connectivity index (χ0) is 18.7. The third-order valence-corrected chi connectivity index (χ3v) is 4.41. The number of ether oxygens (including phenoxy) is 1. The Hall–Kier alpha value is -1.87. The molecule has 25 heavy (non-hydrogen) atoms. The van der Waals surface area contributed by atoms with Gasteiger partial charge in [-0.15, -0.1) is 0 Å². The lowest BCUT2D eigenvalue weighted by atomic mass is 9.96. The van der Waals surface area contributed by atoms with Crippen LogP contribution in [0, 0.1) is 0 Å². The normalized spacial score (nSPS) is 14.9. The summed E-state index contributed by atoms with van der Waals surface area (Å²) in [6, 6.07) is 9.04. The van der Waals surface area contributed by atoms with E-state index in [1.807, 2.05) is 39.0 Å². The largest absolute Gasteiger partial charge is 0.458 e. The van der Waals surface area contributed by atoms with Crippen molar-refractivity contribution >= 4 is 5.97 Å². The number of hydrogen-bond donors (Lipinski definition) is 1. The van der Waals surface area contributed by atoms with E-state index >= 15 is 0 Å². The van der Waals surface area contributed by atoms with Gasteiger partial charge in [-0.05, 0) is 70.6 Å². The second kappa shape index (κ2) is 10.9. The van der Waals surface area contributed by atoms with E-state index < -0.39 is 5.60 Å². The van der Waals surface area contributed by atoms with Crippen LogP contribution in [0.4, 0.5) is 0 Å². The molecule has 1 atom stereocenters. The molecule has 1 rings (SSSR count). The van der Waals surface area contributed by atoms with Gasteiger partial charge in [-0.2, -0.15) is 0 Å². The molecule has 0 saturated heterocycles. The molecule has 0 aliphatic carbocycles. The molecule has 0 fully saturated rings. The van der Waals surface area contributed by atoms with E-state index in [2.05, 4.69) is 19.1 Å². The molecule has 0 aromatic heterocycles. The summed E-state index contributed by atoms with van der Waals surface area (Å²) in [5.74, 6) is -0.285. The monoisotopic (exact) mass is 344 g/mol. The molecule has 0 aliphatic heterocycles. The molecule has 1 unspecified atom stereocenters. The number of allylic oxidation sites excluding steroid dienone is 3. The van der Waals surface area contributed by atoms with Gasteiger partial charge in [-0.25, -0.2) is 4.79 Å². The first-order chi connectivity index (χ1) is 11.8. The molecule has 138 valence electrons. The zero-order valence-electron chi connectivity index (χ0n) is 16.0. The van der Waals surface area contributed by atoms with Crippen LogP contribution < -0.4 is 0 Å². The molecule has 0 radical (unpaired) electrons. The predicted molar refractivity (Wildman–Crippen MR) is 104 cm³/mol. The molecule has 1 N–H and O–H groups in total. The van der Waals surface area contributed by atoms with Gasteiger partial charge in [0.2, 0.25) is 0 Å². The lowest BCUT2D eigenvalue weighted by Gasteiger charge is -2.20. The highest BCUT2D eigenvalue weighted by Crippen LogP contribution is 2.18. The molecular weight excluding hydrogens is 312 g/mol. The number of carbonyl (C=O) groups excluding carboxylic acids is 1. The standard InChI is InChI=1S/C22H32O3/c1-5-22(4,24)16-10-13-18(2)11-9-12-19(3)17-25-21(23)20-14-7-6-8-15-20/h6-8,12-15,24H,5,9-11,16-17H2,1-4H3. The van der Waals surface area contributed by atoms with Crippen molar-refractivity contribution in [2.75, 3.05) is 6.61 Å². The number of benzene rings is 1. The van der Waals surface area contributed by atoms with Gasteiger partial charge < -0.3 is 9.84 Å². The van der Waals surface area contributed by atoms with Gasteiger partial charge in [0.05, 0.1) is 11.2 Å². The number of aliphatic hydroxyl groups is 1. The lowest BCUT2D eigenvalue weighted by molar-refractivity contribution is 0.0479. The number of hydrogen-bond acceptors (Lipinski definition) is 3. The summed E-state index contributed by atoms with van der Waals surface area (Å²) in [4.78, 5) is 11.9. The molecule has 0 aliphatic rings. The van der Waals surface area contributed by atoms with Crippen molar-refractivity contribution in [1.82, 2.24) is 0 Å². The number of carbonyl (C=O) groups is 1. The van der Waals surface area contributed by atoms with Crippen molar-refractivity contribution in [1.29, 1.82) is 0 Å². The van der Waals surface area contributed by atoms with Crippen LogP contribution in [0.2, 0.25) is 0 Å². The van der Waals surface area contributed by atoms with E-state index in [9.17, 15) is 9.90 Å². The van der Waals surface area contributed by atoms with Crippen LogP contribution in [0.15, 0.2) is 53.6 Å². The summed E-state index contributed by atoms with van der Waals surface area (Å²) in [5, 5.41) is 9.99. The van der Waals surface area contributed by atoms with E-state index in [4.69, 9.17) is 4.74 Å². The molecule has 1 aromatic carbocycles. The van der Waals surface area contributed by atoms with Gasteiger partial charge in [0, 0.05) is 0 Å². The maximum absolute atomic E-state index is 11.9. The first-order valence-corrected chi connectivity index (χ1v) is 9.10. The van der Waals surface area contributed by atoms with E-state index in [-0.39, 0.29) is 5.97 Å². The Balaban J connectivity index is 2.29. The van der Waals surface area contributed by atoms with Crippen molar-refractivity contribution < 1.29 is 14.6 Å². The summed E-state index contributed by atoms with van der Waals surface area (Å²) >= 11 is 0. The third kappa shape index (κ3) is 9.25. The summed E-state index contributed by atoms with van der Waals surface area (Å²) in [7, 11) is 0. The van der Waals surface area contributed by atoms with Crippen LogP contribution in [0.5, 0.6) is 0 Å². The molecule has 0 spiro atoms. The topological polar surface area (TPSA) is 46.5 Å². The third-order valence-electron chi connectivity index (χ3n) is 4.41. The molecule has 3 heteroatoms. The fourth-order valence-electron chi connectivity index (χ4n) is 2.35. The molecule has 0 amide bonds. The van der Waals surface area contributed by atoms with Crippen molar-refractivity contribution in [2.24, 2.45) is 0 Å². The Labute approximate surface area is 152 Å². The summed E-state index contributed by atoms with van der Waals surface area (Å²) in [6.07, 6.45) is 8.73. The second-order valence-corrected chi connectivity index (χ2v) is 6.97. The molecular formula is C22H32O3. The molecule has 0 bridgehead atoms. The van der Waals surface area contributed by atoms with Gasteiger partial charge in [0.15, 0.2) is 0 Å². The van der Waals surface area contributed by atoms with Gasteiger partial charge in [0.1, 0.15) is 6.61 Å². The Morgan fingerprint density at radius 1 is 1.12 bits per heavy atom. The quantitative estimate of drug-likeness (QED) is 0.453. The van der Waals surface area contributed by atoms with Crippen molar-refractivity contribution in [3.63, 3.8) is 0 Å². The van der Waals surface area contributed by atoms with Gasteiger partial charge in [-0.1, -0.05) is 42.8 Å². The van der Waals surface area contributed by atoms with Crippen LogP contribution in [-0.4, -0.2) is 23.3 Å². The molecule has 3 nitrogen and oxygen atoms in total. The van der Waals surface area contributed by atoms with Crippen molar-refractivity contribution in [3.8, 4) is 0 Å². The summed E-state index contributed by atoms with van der Waals surface area (Å²) in [6.45, 7) is 8.33. The predicted octanol–water partition coefficient (Wildman–Crippen LogP) is 5.46. The number of rotatable bonds is 10. The molecule has 1 aromatic rings. The highest BCUT2D eigenvalue weighted by Gasteiger charge is 2.15. The average Bonchev–Trinajstić information content (AvgIpc) is 2.60. The van der Waals surface area contributed by atoms with Crippen LogP contribution in [-0.2, 0) is 4.74 Å². The van der Waals surface area contributed by atoms with Crippen LogP contribution >= 0.6 is 0 Å². The van der Waals surface area contributed by atoms with Gasteiger partial charge in [-0.3, -0.25) is 0 Å². The minimum absolute atomic E-state index is 0.285.